The summed E-state index contributed by atoms with van der Waals surface area (Å²) in [6.07, 6.45) is 8.79. The zero-order chi connectivity index (χ0) is 20.0. The molecule has 1 atom stereocenters. The number of benzene rings is 1. The molecule has 1 aromatic carbocycles. The van der Waals surface area contributed by atoms with Crippen molar-refractivity contribution < 1.29 is 13.2 Å². The molecule has 1 fully saturated rings. The number of hydrogen-bond acceptors (Lipinski definition) is 6. The molecule has 150 valence electrons. The summed E-state index contributed by atoms with van der Waals surface area (Å²) in [5.74, 6) is 0.324. The lowest BCUT2D eigenvalue weighted by Gasteiger charge is -2.39. The van der Waals surface area contributed by atoms with Gasteiger partial charge in [0.05, 0.1) is 18.3 Å². The van der Waals surface area contributed by atoms with Crippen LogP contribution in [0.15, 0.2) is 66.0 Å². The highest BCUT2D eigenvalue weighted by Crippen LogP contribution is 2.34. The minimum atomic E-state index is -3.84. The maximum Gasteiger partial charge on any atom is 0.271 e. The van der Waals surface area contributed by atoms with E-state index in [1.165, 1.54) is 11.1 Å². The third-order valence-electron chi connectivity index (χ3n) is 5.69. The Morgan fingerprint density at radius 1 is 1.14 bits per heavy atom. The van der Waals surface area contributed by atoms with Gasteiger partial charge in [-0.1, -0.05) is 18.2 Å². The van der Waals surface area contributed by atoms with Crippen molar-refractivity contribution in [2.24, 2.45) is 0 Å². The summed E-state index contributed by atoms with van der Waals surface area (Å²) in [6.45, 7) is 2.59. The molecule has 7 nitrogen and oxygen atoms in total. The SMILES string of the molecule is COc1ccccc1S(=O)(=O)n1cc(N2CCN3C=CCC3C2)c2ncccc21. The molecule has 2 aliphatic heterocycles. The van der Waals surface area contributed by atoms with Crippen molar-refractivity contribution in [1.29, 1.82) is 0 Å². The fourth-order valence-electron chi connectivity index (χ4n) is 4.23. The molecular weight excluding hydrogens is 388 g/mol. The first-order chi connectivity index (χ1) is 14.1. The lowest BCUT2D eigenvalue weighted by molar-refractivity contribution is 0.271. The van der Waals surface area contributed by atoms with Crippen LogP contribution in [0.2, 0.25) is 0 Å². The quantitative estimate of drug-likeness (QED) is 0.659. The number of piperazine rings is 1. The molecule has 0 aliphatic carbocycles. The number of methoxy groups -OCH3 is 1. The zero-order valence-corrected chi connectivity index (χ0v) is 16.9. The summed E-state index contributed by atoms with van der Waals surface area (Å²) >= 11 is 0. The first kappa shape index (κ1) is 18.1. The van der Waals surface area contributed by atoms with Gasteiger partial charge in [-0.25, -0.2) is 12.4 Å². The van der Waals surface area contributed by atoms with E-state index in [2.05, 4.69) is 27.1 Å². The minimum absolute atomic E-state index is 0.139. The summed E-state index contributed by atoms with van der Waals surface area (Å²) in [5.41, 5.74) is 2.12. The van der Waals surface area contributed by atoms with E-state index < -0.39 is 10.0 Å². The normalized spacial score (nSPS) is 19.0. The molecule has 5 rings (SSSR count). The Labute approximate surface area is 169 Å². The van der Waals surface area contributed by atoms with Crippen LogP contribution in [-0.4, -0.2) is 55.1 Å². The number of pyridine rings is 1. The van der Waals surface area contributed by atoms with E-state index in [0.29, 0.717) is 22.8 Å². The van der Waals surface area contributed by atoms with Crippen LogP contribution in [0.5, 0.6) is 5.75 Å². The van der Waals surface area contributed by atoms with Crippen molar-refractivity contribution >= 4 is 26.7 Å². The van der Waals surface area contributed by atoms with E-state index >= 15 is 0 Å². The van der Waals surface area contributed by atoms with Gasteiger partial charge >= 0.3 is 0 Å². The summed E-state index contributed by atoms with van der Waals surface area (Å²) in [6, 6.07) is 10.7. The molecule has 8 heteroatoms. The zero-order valence-electron chi connectivity index (χ0n) is 16.1. The van der Waals surface area contributed by atoms with E-state index in [1.807, 2.05) is 0 Å². The Morgan fingerprint density at radius 2 is 2.00 bits per heavy atom. The van der Waals surface area contributed by atoms with Crippen molar-refractivity contribution in [3.05, 3.63) is 61.1 Å². The van der Waals surface area contributed by atoms with Crippen molar-refractivity contribution in [3.63, 3.8) is 0 Å². The number of rotatable bonds is 4. The van der Waals surface area contributed by atoms with E-state index in [-0.39, 0.29) is 4.90 Å². The van der Waals surface area contributed by atoms with Crippen molar-refractivity contribution in [2.75, 3.05) is 31.6 Å². The molecule has 0 amide bonds. The molecule has 1 saturated heterocycles. The lowest BCUT2D eigenvalue weighted by atomic mass is 10.1. The number of anilines is 1. The lowest BCUT2D eigenvalue weighted by Crippen LogP contribution is -2.49. The Kier molecular flexibility index (Phi) is 4.24. The molecule has 0 N–H and O–H groups in total. The van der Waals surface area contributed by atoms with Gasteiger partial charge in [-0.2, -0.15) is 0 Å². The minimum Gasteiger partial charge on any atom is -0.495 e. The van der Waals surface area contributed by atoms with Crippen LogP contribution in [0.3, 0.4) is 0 Å². The summed E-state index contributed by atoms with van der Waals surface area (Å²) in [5, 5.41) is 0. The number of nitrogens with zero attached hydrogens (tertiary/aromatic N) is 4. The van der Waals surface area contributed by atoms with E-state index in [9.17, 15) is 8.42 Å². The standard InChI is InChI=1S/C21H22N4O3S/c1-28-19-8-2-3-9-20(19)29(26,27)25-15-18(21-17(25)7-4-10-22-21)24-13-12-23-11-5-6-16(23)14-24/h2-5,7-11,15-16H,6,12-14H2,1H3. The summed E-state index contributed by atoms with van der Waals surface area (Å²) in [7, 11) is -2.37. The highest BCUT2D eigenvalue weighted by Gasteiger charge is 2.31. The highest BCUT2D eigenvalue weighted by atomic mass is 32.2. The van der Waals surface area contributed by atoms with Crippen LogP contribution >= 0.6 is 0 Å². The average Bonchev–Trinajstić information content (AvgIpc) is 3.38. The third kappa shape index (κ3) is 2.86. The van der Waals surface area contributed by atoms with Gasteiger partial charge in [0, 0.05) is 38.1 Å². The van der Waals surface area contributed by atoms with Crippen LogP contribution in [0.1, 0.15) is 6.42 Å². The second-order valence-corrected chi connectivity index (χ2v) is 9.08. The molecule has 1 unspecified atom stereocenters. The third-order valence-corrected chi connectivity index (χ3v) is 7.40. The first-order valence-corrected chi connectivity index (χ1v) is 11.1. The molecule has 2 aliphatic rings. The fraction of sp³-hybridized carbons (Fsp3) is 0.286. The topological polar surface area (TPSA) is 67.7 Å². The van der Waals surface area contributed by atoms with E-state index in [1.54, 1.807) is 48.8 Å². The Bertz CT molecular complexity index is 1200. The second kappa shape index (κ2) is 6.81. The molecule has 0 radical (unpaired) electrons. The van der Waals surface area contributed by atoms with Gasteiger partial charge in [-0.3, -0.25) is 4.98 Å². The van der Waals surface area contributed by atoms with Gasteiger partial charge < -0.3 is 14.5 Å². The molecule has 0 spiro atoms. The Hall–Kier alpha value is -3.00. The van der Waals surface area contributed by atoms with Gasteiger partial charge in [0.25, 0.3) is 10.0 Å². The number of fused-ring (bicyclic) bond motifs is 2. The molecule has 3 aromatic rings. The van der Waals surface area contributed by atoms with Crippen LogP contribution in [-0.2, 0) is 10.0 Å². The van der Waals surface area contributed by atoms with Gasteiger partial charge in [-0.15, -0.1) is 0 Å². The van der Waals surface area contributed by atoms with Crippen molar-refractivity contribution in [1.82, 2.24) is 13.9 Å². The van der Waals surface area contributed by atoms with Crippen molar-refractivity contribution in [2.45, 2.75) is 17.4 Å². The van der Waals surface area contributed by atoms with Crippen LogP contribution in [0.25, 0.3) is 11.0 Å². The largest absolute Gasteiger partial charge is 0.495 e. The molecule has 29 heavy (non-hydrogen) atoms. The monoisotopic (exact) mass is 410 g/mol. The number of aromatic nitrogens is 2. The van der Waals surface area contributed by atoms with Crippen LogP contribution in [0, 0.1) is 0 Å². The number of hydrogen-bond donors (Lipinski definition) is 0. The maximum absolute atomic E-state index is 13.5. The van der Waals surface area contributed by atoms with Crippen LogP contribution < -0.4 is 9.64 Å². The smallest absolute Gasteiger partial charge is 0.271 e. The predicted molar refractivity (Wildman–Crippen MR) is 112 cm³/mol. The summed E-state index contributed by atoms with van der Waals surface area (Å²) in [4.78, 5) is 9.27. The molecular formula is C21H22N4O3S. The van der Waals surface area contributed by atoms with Crippen LogP contribution in [0.4, 0.5) is 5.69 Å². The van der Waals surface area contributed by atoms with Gasteiger partial charge in [0.15, 0.2) is 0 Å². The average molecular weight is 410 g/mol. The second-order valence-electron chi connectivity index (χ2n) is 7.30. The summed E-state index contributed by atoms with van der Waals surface area (Å²) < 4.78 is 33.7. The molecule has 4 heterocycles. The maximum atomic E-state index is 13.5. The first-order valence-electron chi connectivity index (χ1n) is 9.61. The predicted octanol–water partition coefficient (Wildman–Crippen LogP) is 2.69. The Morgan fingerprint density at radius 3 is 2.86 bits per heavy atom. The fourth-order valence-corrected chi connectivity index (χ4v) is 5.74. The van der Waals surface area contributed by atoms with Gasteiger partial charge in [0.1, 0.15) is 16.2 Å². The Balaban J connectivity index is 1.63. The molecule has 0 bridgehead atoms. The number of ether oxygens (including phenoxy) is 1. The van der Waals surface area contributed by atoms with Gasteiger partial charge in [0.2, 0.25) is 0 Å². The van der Waals surface area contributed by atoms with Crippen molar-refractivity contribution in [3.8, 4) is 5.75 Å². The number of para-hydroxylation sites is 1. The van der Waals surface area contributed by atoms with E-state index in [4.69, 9.17) is 4.74 Å². The highest BCUT2D eigenvalue weighted by molar-refractivity contribution is 7.90. The van der Waals surface area contributed by atoms with E-state index in [0.717, 1.165) is 31.7 Å². The molecule has 2 aromatic heterocycles. The van der Waals surface area contributed by atoms with Gasteiger partial charge in [-0.05, 0) is 36.9 Å². The molecule has 0 saturated carbocycles.